The molecule has 0 spiro atoms. The van der Waals surface area contributed by atoms with Crippen molar-refractivity contribution < 1.29 is 8.42 Å². The van der Waals surface area contributed by atoms with Crippen molar-refractivity contribution >= 4 is 37.3 Å². The van der Waals surface area contributed by atoms with Crippen LogP contribution in [0.1, 0.15) is 11.1 Å². The Bertz CT molecular complexity index is 1370. The average molecular weight is 423 g/mol. The monoisotopic (exact) mass is 422 g/mol. The first-order chi connectivity index (χ1) is 14.0. The molecular weight excluding hydrogens is 404 g/mol. The van der Waals surface area contributed by atoms with Gasteiger partial charge in [0.1, 0.15) is 0 Å². The minimum absolute atomic E-state index is 0.0927. The number of benzene rings is 3. The lowest BCUT2D eigenvalue weighted by Gasteiger charge is -2.19. The molecule has 0 fully saturated rings. The van der Waals surface area contributed by atoms with Gasteiger partial charge in [-0.2, -0.15) is 0 Å². The van der Waals surface area contributed by atoms with Gasteiger partial charge in [-0.25, -0.2) is 8.42 Å². The molecular formula is C22H18N2O3S2. The molecule has 0 N–H and O–H groups in total. The molecule has 0 unspecified atom stereocenters. The van der Waals surface area contributed by atoms with Gasteiger partial charge in [0.25, 0.3) is 10.0 Å². The molecule has 5 nitrogen and oxygen atoms in total. The summed E-state index contributed by atoms with van der Waals surface area (Å²) in [5.41, 5.74) is 3.56. The molecule has 0 aliphatic carbocycles. The van der Waals surface area contributed by atoms with Gasteiger partial charge in [-0.3, -0.25) is 13.7 Å². The highest BCUT2D eigenvalue weighted by molar-refractivity contribution is 7.92. The Morgan fingerprint density at radius 2 is 1.69 bits per heavy atom. The maximum absolute atomic E-state index is 13.3. The molecule has 5 rings (SSSR count). The highest BCUT2D eigenvalue weighted by Gasteiger charge is 2.31. The molecule has 2 heterocycles. The SMILES string of the molecule is O=c1sc2cc(S(=O)(=O)N3CCc4ccccc43)ccc2n1Cc1ccccc1. The fraction of sp³-hybridized carbons (Fsp3) is 0.136. The number of fused-ring (bicyclic) bond motifs is 2. The number of hydrogen-bond acceptors (Lipinski definition) is 4. The number of sulfonamides is 1. The van der Waals surface area contributed by atoms with Crippen molar-refractivity contribution in [3.8, 4) is 0 Å². The Hall–Kier alpha value is -2.90. The van der Waals surface area contributed by atoms with E-state index in [9.17, 15) is 13.2 Å². The van der Waals surface area contributed by atoms with E-state index in [4.69, 9.17) is 0 Å². The first-order valence-corrected chi connectivity index (χ1v) is 11.6. The van der Waals surface area contributed by atoms with Gasteiger partial charge >= 0.3 is 4.87 Å². The summed E-state index contributed by atoms with van der Waals surface area (Å²) in [5, 5.41) is 0. The summed E-state index contributed by atoms with van der Waals surface area (Å²) in [4.78, 5) is 12.7. The topological polar surface area (TPSA) is 59.4 Å². The first-order valence-electron chi connectivity index (χ1n) is 9.32. The molecule has 1 aliphatic rings. The lowest BCUT2D eigenvalue weighted by Crippen LogP contribution is -2.29. The fourth-order valence-corrected chi connectivity index (χ4v) is 6.34. The van der Waals surface area contributed by atoms with E-state index in [0.717, 1.165) is 33.7 Å². The minimum atomic E-state index is -3.68. The molecule has 0 radical (unpaired) electrons. The fourth-order valence-electron chi connectivity index (χ4n) is 3.81. The standard InChI is InChI=1S/C22H18N2O3S2/c25-22-23(15-16-6-2-1-3-7-16)20-11-10-18(14-21(20)28-22)29(26,27)24-13-12-17-8-4-5-9-19(17)24/h1-11,14H,12-13,15H2. The normalized spacial score (nSPS) is 13.7. The van der Waals surface area contributed by atoms with Gasteiger partial charge < -0.3 is 0 Å². The van der Waals surface area contributed by atoms with E-state index >= 15 is 0 Å². The summed E-state index contributed by atoms with van der Waals surface area (Å²) in [6, 6.07) is 22.3. The van der Waals surface area contributed by atoms with Gasteiger partial charge in [-0.05, 0) is 41.8 Å². The van der Waals surface area contributed by atoms with E-state index in [-0.39, 0.29) is 9.77 Å². The number of nitrogens with zero attached hydrogens (tertiary/aromatic N) is 2. The Kier molecular flexibility index (Phi) is 4.29. The van der Waals surface area contributed by atoms with Crippen LogP contribution in [-0.2, 0) is 23.0 Å². The summed E-state index contributed by atoms with van der Waals surface area (Å²) < 4.78 is 30.4. The predicted molar refractivity (Wildman–Crippen MR) is 116 cm³/mol. The van der Waals surface area contributed by atoms with Crippen LogP contribution in [-0.4, -0.2) is 19.5 Å². The quantitative estimate of drug-likeness (QED) is 0.502. The molecule has 4 aromatic rings. The number of rotatable bonds is 4. The van der Waals surface area contributed by atoms with Crippen LogP contribution < -0.4 is 9.18 Å². The second-order valence-electron chi connectivity index (χ2n) is 7.03. The van der Waals surface area contributed by atoms with E-state index in [1.54, 1.807) is 22.8 Å². The maximum atomic E-state index is 13.3. The van der Waals surface area contributed by atoms with Gasteiger partial charge in [-0.1, -0.05) is 59.9 Å². The van der Waals surface area contributed by atoms with Crippen molar-refractivity contribution in [1.82, 2.24) is 4.57 Å². The van der Waals surface area contributed by atoms with Crippen molar-refractivity contribution in [2.45, 2.75) is 17.9 Å². The number of anilines is 1. The minimum Gasteiger partial charge on any atom is -0.294 e. The van der Waals surface area contributed by atoms with Crippen molar-refractivity contribution in [1.29, 1.82) is 0 Å². The van der Waals surface area contributed by atoms with Gasteiger partial charge in [0.2, 0.25) is 0 Å². The lowest BCUT2D eigenvalue weighted by molar-refractivity contribution is 0.592. The third-order valence-corrected chi connectivity index (χ3v) is 8.01. The Morgan fingerprint density at radius 3 is 2.52 bits per heavy atom. The van der Waals surface area contributed by atoms with Crippen LogP contribution in [0.5, 0.6) is 0 Å². The molecule has 0 atom stereocenters. The van der Waals surface area contributed by atoms with Crippen LogP contribution in [0.4, 0.5) is 5.69 Å². The van der Waals surface area contributed by atoms with Crippen LogP contribution in [0.2, 0.25) is 0 Å². The Balaban J connectivity index is 1.55. The zero-order valence-corrected chi connectivity index (χ0v) is 17.1. The summed E-state index contributed by atoms with van der Waals surface area (Å²) >= 11 is 1.08. The molecule has 29 heavy (non-hydrogen) atoms. The largest absolute Gasteiger partial charge is 0.308 e. The van der Waals surface area contributed by atoms with Gasteiger partial charge in [0, 0.05) is 6.54 Å². The smallest absolute Gasteiger partial charge is 0.294 e. The van der Waals surface area contributed by atoms with E-state index in [1.165, 1.54) is 4.31 Å². The van der Waals surface area contributed by atoms with Crippen LogP contribution in [0.3, 0.4) is 0 Å². The molecule has 7 heteroatoms. The highest BCUT2D eigenvalue weighted by atomic mass is 32.2. The van der Waals surface area contributed by atoms with E-state index in [2.05, 4.69) is 0 Å². The van der Waals surface area contributed by atoms with E-state index in [0.29, 0.717) is 24.2 Å². The van der Waals surface area contributed by atoms with Crippen LogP contribution in [0.15, 0.2) is 82.5 Å². The average Bonchev–Trinajstić information content (AvgIpc) is 3.30. The molecule has 3 aromatic carbocycles. The van der Waals surface area contributed by atoms with Gasteiger partial charge in [0.15, 0.2) is 0 Å². The van der Waals surface area contributed by atoms with E-state index < -0.39 is 10.0 Å². The summed E-state index contributed by atoms with van der Waals surface area (Å²) in [7, 11) is -3.68. The molecule has 1 aliphatic heterocycles. The Labute approximate surface area is 172 Å². The molecule has 146 valence electrons. The molecule has 0 amide bonds. The van der Waals surface area contributed by atoms with Crippen LogP contribution in [0, 0.1) is 0 Å². The number of thiazole rings is 1. The summed E-state index contributed by atoms with van der Waals surface area (Å²) in [6.07, 6.45) is 0.707. The van der Waals surface area contributed by atoms with Gasteiger partial charge in [0.05, 0.1) is 27.3 Å². The zero-order chi connectivity index (χ0) is 20.0. The number of aromatic nitrogens is 1. The molecule has 0 bridgehead atoms. The maximum Gasteiger partial charge on any atom is 0.308 e. The second kappa shape index (κ2) is 6.86. The first kappa shape index (κ1) is 18.1. The Morgan fingerprint density at radius 1 is 0.931 bits per heavy atom. The number of para-hydroxylation sites is 1. The zero-order valence-electron chi connectivity index (χ0n) is 15.5. The third kappa shape index (κ3) is 3.07. The van der Waals surface area contributed by atoms with Crippen molar-refractivity contribution in [2.24, 2.45) is 0 Å². The van der Waals surface area contributed by atoms with Crippen molar-refractivity contribution in [3.63, 3.8) is 0 Å². The van der Waals surface area contributed by atoms with Gasteiger partial charge in [-0.15, -0.1) is 0 Å². The predicted octanol–water partition coefficient (Wildman–Crippen LogP) is 3.86. The highest BCUT2D eigenvalue weighted by Crippen LogP contribution is 2.33. The van der Waals surface area contributed by atoms with Crippen molar-refractivity contribution in [2.75, 3.05) is 10.8 Å². The third-order valence-electron chi connectivity index (χ3n) is 5.26. The van der Waals surface area contributed by atoms with Crippen LogP contribution >= 0.6 is 11.3 Å². The lowest BCUT2D eigenvalue weighted by atomic mass is 10.2. The van der Waals surface area contributed by atoms with Crippen LogP contribution in [0.25, 0.3) is 10.2 Å². The summed E-state index contributed by atoms with van der Waals surface area (Å²) in [6.45, 7) is 0.899. The number of hydrogen-bond donors (Lipinski definition) is 0. The summed E-state index contributed by atoms with van der Waals surface area (Å²) in [5.74, 6) is 0. The second-order valence-corrected chi connectivity index (χ2v) is 9.88. The molecule has 0 saturated heterocycles. The molecule has 1 aromatic heterocycles. The molecule has 0 saturated carbocycles. The van der Waals surface area contributed by atoms with Crippen molar-refractivity contribution in [3.05, 3.63) is 93.6 Å². The van der Waals surface area contributed by atoms with E-state index in [1.807, 2.05) is 54.6 Å².